The van der Waals surface area contributed by atoms with E-state index in [9.17, 15) is 20.0 Å². The van der Waals surface area contributed by atoms with Crippen LogP contribution in [0.15, 0.2) is 6.20 Å². The van der Waals surface area contributed by atoms with E-state index >= 15 is 0 Å². The SMILES string of the molecule is C[C@H]1CN(c2c([N+](=O)[O-])cnc3c2CCC3)C[C@@H](NC(=O)O)C1(C)O. The maximum absolute atomic E-state index is 11.5. The fourth-order valence-corrected chi connectivity index (χ4v) is 3.83. The number of nitro groups is 1. The molecule has 1 saturated heterocycles. The third kappa shape index (κ3) is 2.99. The van der Waals surface area contributed by atoms with Crippen LogP contribution in [0, 0.1) is 16.0 Å². The number of piperidine rings is 1. The number of fused-ring (bicyclic) bond motifs is 1. The summed E-state index contributed by atoms with van der Waals surface area (Å²) in [6.45, 7) is 3.99. The molecule has 1 fully saturated rings. The van der Waals surface area contributed by atoms with Crippen molar-refractivity contribution in [1.82, 2.24) is 10.3 Å². The smallest absolute Gasteiger partial charge is 0.405 e. The van der Waals surface area contributed by atoms with Gasteiger partial charge in [-0.3, -0.25) is 15.1 Å². The van der Waals surface area contributed by atoms with E-state index < -0.39 is 22.7 Å². The molecule has 1 aliphatic heterocycles. The Bertz CT molecular complexity index is 721. The summed E-state index contributed by atoms with van der Waals surface area (Å²) < 4.78 is 0. The standard InChI is InChI=1S/C16H22N4O5/c1-9-7-19(8-13(16(9,2)23)18-15(21)22)14-10-4-3-5-11(10)17-6-12(14)20(24)25/h6,9,13,18,23H,3-5,7-8H2,1-2H3,(H,21,22)/t9-,13+,16?/m0/s1. The number of hydrogen-bond donors (Lipinski definition) is 3. The van der Waals surface area contributed by atoms with Crippen molar-refractivity contribution in [3.63, 3.8) is 0 Å². The third-order valence-electron chi connectivity index (χ3n) is 5.47. The number of amides is 1. The van der Waals surface area contributed by atoms with Gasteiger partial charge in [0.05, 0.1) is 16.6 Å². The lowest BCUT2D eigenvalue weighted by atomic mass is 9.79. The van der Waals surface area contributed by atoms with Crippen LogP contribution in [0.5, 0.6) is 0 Å². The Kier molecular flexibility index (Phi) is 4.28. The number of carboxylic acid groups (broad SMARTS) is 1. The minimum Gasteiger partial charge on any atom is -0.465 e. The number of nitrogens with zero attached hydrogens (tertiary/aromatic N) is 3. The predicted octanol–water partition coefficient (Wildman–Crippen LogP) is 1.32. The summed E-state index contributed by atoms with van der Waals surface area (Å²) in [6.07, 6.45) is 2.47. The van der Waals surface area contributed by atoms with Crippen LogP contribution in [0.1, 0.15) is 31.5 Å². The maximum Gasteiger partial charge on any atom is 0.405 e. The van der Waals surface area contributed by atoms with E-state index in [1.807, 2.05) is 11.8 Å². The Balaban J connectivity index is 2.03. The van der Waals surface area contributed by atoms with Gasteiger partial charge in [0.15, 0.2) is 0 Å². The van der Waals surface area contributed by atoms with Gasteiger partial charge < -0.3 is 20.4 Å². The molecule has 0 aromatic carbocycles. The summed E-state index contributed by atoms with van der Waals surface area (Å²) in [6, 6.07) is -0.751. The zero-order valence-corrected chi connectivity index (χ0v) is 14.2. The van der Waals surface area contributed by atoms with E-state index in [2.05, 4.69) is 10.3 Å². The predicted molar refractivity (Wildman–Crippen MR) is 89.9 cm³/mol. The summed E-state index contributed by atoms with van der Waals surface area (Å²) in [5.74, 6) is -0.275. The fourth-order valence-electron chi connectivity index (χ4n) is 3.83. The van der Waals surface area contributed by atoms with Crippen molar-refractivity contribution in [2.24, 2.45) is 5.92 Å². The number of rotatable bonds is 3. The molecule has 3 atom stereocenters. The number of nitrogens with one attached hydrogen (secondary N) is 1. The minimum atomic E-state index is -1.24. The van der Waals surface area contributed by atoms with E-state index in [1.165, 1.54) is 6.20 Å². The normalized spacial score (nSPS) is 28.5. The molecule has 9 heteroatoms. The topological polar surface area (TPSA) is 129 Å². The third-order valence-corrected chi connectivity index (χ3v) is 5.47. The van der Waals surface area contributed by atoms with Gasteiger partial charge in [-0.05, 0) is 26.2 Å². The van der Waals surface area contributed by atoms with Gasteiger partial charge in [0.2, 0.25) is 0 Å². The molecular formula is C16H22N4O5. The largest absolute Gasteiger partial charge is 0.465 e. The van der Waals surface area contributed by atoms with Crippen LogP contribution >= 0.6 is 0 Å². The van der Waals surface area contributed by atoms with Crippen LogP contribution in [0.2, 0.25) is 0 Å². The Morgan fingerprint density at radius 2 is 2.20 bits per heavy atom. The first-order chi connectivity index (χ1) is 11.7. The molecular weight excluding hydrogens is 328 g/mol. The number of pyridine rings is 1. The van der Waals surface area contributed by atoms with Crippen molar-refractivity contribution in [2.45, 2.75) is 44.8 Å². The quantitative estimate of drug-likeness (QED) is 0.554. The monoisotopic (exact) mass is 350 g/mol. The van der Waals surface area contributed by atoms with Crippen LogP contribution < -0.4 is 10.2 Å². The van der Waals surface area contributed by atoms with Crippen molar-refractivity contribution in [3.05, 3.63) is 27.6 Å². The summed E-state index contributed by atoms with van der Waals surface area (Å²) in [7, 11) is 0. The first kappa shape index (κ1) is 17.4. The molecule has 3 N–H and O–H groups in total. The zero-order valence-electron chi connectivity index (χ0n) is 14.2. The Morgan fingerprint density at radius 3 is 2.84 bits per heavy atom. The maximum atomic E-state index is 11.5. The molecule has 3 rings (SSSR count). The van der Waals surface area contributed by atoms with Crippen molar-refractivity contribution >= 4 is 17.5 Å². The second-order valence-electron chi connectivity index (χ2n) is 7.06. The van der Waals surface area contributed by atoms with Crippen molar-refractivity contribution in [2.75, 3.05) is 18.0 Å². The van der Waals surface area contributed by atoms with Gasteiger partial charge >= 0.3 is 11.8 Å². The number of aliphatic hydroxyl groups is 1. The summed E-state index contributed by atoms with van der Waals surface area (Å²) in [5, 5.41) is 33.6. The molecule has 0 bridgehead atoms. The van der Waals surface area contributed by atoms with Crippen molar-refractivity contribution in [1.29, 1.82) is 0 Å². The highest BCUT2D eigenvalue weighted by Gasteiger charge is 2.45. The first-order valence-electron chi connectivity index (χ1n) is 8.33. The molecule has 2 heterocycles. The molecule has 9 nitrogen and oxygen atoms in total. The van der Waals surface area contributed by atoms with Gasteiger partial charge in [0, 0.05) is 30.3 Å². The van der Waals surface area contributed by atoms with Crippen molar-refractivity contribution in [3.8, 4) is 0 Å². The van der Waals surface area contributed by atoms with E-state index in [0.717, 1.165) is 30.5 Å². The van der Waals surface area contributed by atoms with E-state index in [0.29, 0.717) is 12.2 Å². The minimum absolute atomic E-state index is 0.0662. The van der Waals surface area contributed by atoms with E-state index in [-0.39, 0.29) is 18.2 Å². The highest BCUT2D eigenvalue weighted by Crippen LogP contribution is 2.40. The average Bonchev–Trinajstić information content (AvgIpc) is 2.99. The van der Waals surface area contributed by atoms with Gasteiger partial charge in [-0.25, -0.2) is 4.79 Å². The molecule has 1 aromatic heterocycles. The van der Waals surface area contributed by atoms with Crippen LogP contribution in [-0.4, -0.2) is 50.9 Å². The van der Waals surface area contributed by atoms with Crippen LogP contribution in [-0.2, 0) is 12.8 Å². The van der Waals surface area contributed by atoms with E-state index in [4.69, 9.17) is 5.11 Å². The molecule has 1 amide bonds. The molecule has 1 aliphatic carbocycles. The lowest BCUT2D eigenvalue weighted by Crippen LogP contribution is -2.65. The van der Waals surface area contributed by atoms with Crippen molar-refractivity contribution < 1.29 is 19.9 Å². The molecule has 2 aliphatic rings. The zero-order chi connectivity index (χ0) is 18.4. The van der Waals surface area contributed by atoms with Gasteiger partial charge in [0.1, 0.15) is 11.9 Å². The average molecular weight is 350 g/mol. The molecule has 1 aromatic rings. The van der Waals surface area contributed by atoms with Crippen LogP contribution in [0.25, 0.3) is 0 Å². The van der Waals surface area contributed by atoms with E-state index in [1.54, 1.807) is 6.92 Å². The molecule has 0 radical (unpaired) electrons. The second-order valence-corrected chi connectivity index (χ2v) is 7.06. The Labute approximate surface area is 144 Å². The highest BCUT2D eigenvalue weighted by atomic mass is 16.6. The lowest BCUT2D eigenvalue weighted by Gasteiger charge is -2.47. The lowest BCUT2D eigenvalue weighted by molar-refractivity contribution is -0.384. The van der Waals surface area contributed by atoms with Gasteiger partial charge in [-0.2, -0.15) is 0 Å². The van der Waals surface area contributed by atoms with Crippen LogP contribution in [0.4, 0.5) is 16.2 Å². The molecule has 0 saturated carbocycles. The molecule has 0 spiro atoms. The highest BCUT2D eigenvalue weighted by molar-refractivity contribution is 5.70. The fraction of sp³-hybridized carbons (Fsp3) is 0.625. The Morgan fingerprint density at radius 1 is 1.48 bits per heavy atom. The summed E-state index contributed by atoms with van der Waals surface area (Å²) >= 11 is 0. The van der Waals surface area contributed by atoms with Gasteiger partial charge in [-0.15, -0.1) is 0 Å². The number of hydrogen-bond acceptors (Lipinski definition) is 6. The second kappa shape index (κ2) is 6.14. The first-order valence-corrected chi connectivity index (χ1v) is 8.33. The molecule has 136 valence electrons. The number of aromatic nitrogens is 1. The number of anilines is 1. The van der Waals surface area contributed by atoms with Gasteiger partial charge in [0.25, 0.3) is 0 Å². The summed E-state index contributed by atoms with van der Waals surface area (Å²) in [4.78, 5) is 28.2. The molecule has 1 unspecified atom stereocenters. The van der Waals surface area contributed by atoms with Gasteiger partial charge in [-0.1, -0.05) is 6.92 Å². The Hall–Kier alpha value is -2.42. The number of carbonyl (C=O) groups is 1. The number of aryl methyl sites for hydroxylation is 1. The van der Waals surface area contributed by atoms with Crippen LogP contribution in [0.3, 0.4) is 0 Å². The summed E-state index contributed by atoms with van der Waals surface area (Å²) in [5.41, 5.74) is 0.959. The molecule has 25 heavy (non-hydrogen) atoms.